The van der Waals surface area contributed by atoms with Gasteiger partial charge in [0.05, 0.1) is 7.11 Å². The summed E-state index contributed by atoms with van der Waals surface area (Å²) in [6.45, 7) is 6.69. The largest absolute Gasteiger partial charge is 0.493 e. The zero-order valence-corrected chi connectivity index (χ0v) is 22.7. The third kappa shape index (κ3) is 6.89. The van der Waals surface area contributed by atoms with Gasteiger partial charge in [-0.2, -0.15) is 0 Å². The van der Waals surface area contributed by atoms with Crippen molar-refractivity contribution in [3.63, 3.8) is 0 Å². The molecule has 1 fully saturated rings. The van der Waals surface area contributed by atoms with Gasteiger partial charge in [-0.3, -0.25) is 9.59 Å². The van der Waals surface area contributed by atoms with Crippen molar-refractivity contribution in [1.82, 2.24) is 15.6 Å². The minimum atomic E-state index is -0.236. The van der Waals surface area contributed by atoms with Gasteiger partial charge in [0.15, 0.2) is 11.5 Å². The van der Waals surface area contributed by atoms with Crippen molar-refractivity contribution in [1.29, 1.82) is 0 Å². The molecule has 1 heterocycles. The van der Waals surface area contributed by atoms with Gasteiger partial charge in [-0.15, -0.1) is 11.3 Å². The van der Waals surface area contributed by atoms with Crippen molar-refractivity contribution < 1.29 is 19.1 Å². The molecule has 0 aliphatic heterocycles. The van der Waals surface area contributed by atoms with Crippen LogP contribution in [0.15, 0.2) is 53.9 Å². The molecule has 2 amide bonds. The van der Waals surface area contributed by atoms with Crippen molar-refractivity contribution >= 4 is 23.2 Å². The Bertz CT molecular complexity index is 1220. The maximum atomic E-state index is 13.0. The lowest BCUT2D eigenvalue weighted by Gasteiger charge is -2.32. The number of thiazole rings is 1. The van der Waals surface area contributed by atoms with Crippen molar-refractivity contribution in [2.75, 3.05) is 7.11 Å². The number of nitrogens with zero attached hydrogens (tertiary/aromatic N) is 1. The first kappa shape index (κ1) is 26.7. The van der Waals surface area contributed by atoms with Crippen LogP contribution in [0.5, 0.6) is 11.5 Å². The van der Waals surface area contributed by atoms with E-state index in [2.05, 4.69) is 36.4 Å². The summed E-state index contributed by atoms with van der Waals surface area (Å²) in [5, 5.41) is 8.69. The average molecular weight is 522 g/mol. The lowest BCUT2D eigenvalue weighted by molar-refractivity contribution is 0.0860. The van der Waals surface area contributed by atoms with Gasteiger partial charge in [-0.1, -0.05) is 57.9 Å². The lowest BCUT2D eigenvalue weighted by Crippen LogP contribution is -2.53. The second-order valence-electron chi connectivity index (χ2n) is 10.3. The lowest BCUT2D eigenvalue weighted by atomic mass is 9.86. The summed E-state index contributed by atoms with van der Waals surface area (Å²) in [7, 11) is 1.59. The van der Waals surface area contributed by atoms with E-state index < -0.39 is 0 Å². The molecule has 0 saturated heterocycles. The highest BCUT2D eigenvalue weighted by Crippen LogP contribution is 2.27. The molecule has 1 aliphatic carbocycles. The molecular weight excluding hydrogens is 486 g/mol. The summed E-state index contributed by atoms with van der Waals surface area (Å²) in [5.74, 6) is 0.920. The highest BCUT2D eigenvalue weighted by Gasteiger charge is 2.29. The number of hydrogen-bond donors (Lipinski definition) is 2. The van der Waals surface area contributed by atoms with E-state index in [1.807, 2.05) is 48.5 Å². The van der Waals surface area contributed by atoms with E-state index in [4.69, 9.17) is 9.47 Å². The smallest absolute Gasteiger partial charge is 0.271 e. The molecule has 4 rings (SSSR count). The van der Waals surface area contributed by atoms with E-state index in [0.29, 0.717) is 27.8 Å². The van der Waals surface area contributed by atoms with Gasteiger partial charge >= 0.3 is 0 Å². The molecule has 0 spiro atoms. The Balaban J connectivity index is 1.35. The number of ether oxygens (including phenoxy) is 2. The zero-order chi connectivity index (χ0) is 26.4. The summed E-state index contributed by atoms with van der Waals surface area (Å²) in [4.78, 5) is 30.4. The Morgan fingerprint density at radius 2 is 1.57 bits per heavy atom. The van der Waals surface area contributed by atoms with Crippen LogP contribution in [0.3, 0.4) is 0 Å². The molecule has 7 nitrogen and oxygen atoms in total. The van der Waals surface area contributed by atoms with Gasteiger partial charge in [-0.05, 0) is 48.1 Å². The molecule has 196 valence electrons. The Morgan fingerprint density at radius 3 is 2.19 bits per heavy atom. The summed E-state index contributed by atoms with van der Waals surface area (Å²) in [5.41, 5.74) is 2.20. The van der Waals surface area contributed by atoms with Gasteiger partial charge in [0.1, 0.15) is 17.3 Å². The van der Waals surface area contributed by atoms with E-state index in [-0.39, 0.29) is 35.9 Å². The maximum Gasteiger partial charge on any atom is 0.271 e. The number of methoxy groups -OCH3 is 1. The SMILES string of the molecule is COc1ccccc1OCc1nc(C(=O)N[C@@H]2CCCC[C@H]2NC(=O)c2ccc(C(C)(C)C)cc2)cs1. The van der Waals surface area contributed by atoms with Crippen LogP contribution in [0.4, 0.5) is 0 Å². The molecule has 0 bridgehead atoms. The van der Waals surface area contributed by atoms with Crippen molar-refractivity contribution in [2.45, 2.75) is 70.6 Å². The fraction of sp³-hybridized carbons (Fsp3) is 0.414. The van der Waals surface area contributed by atoms with E-state index in [9.17, 15) is 9.59 Å². The van der Waals surface area contributed by atoms with Crippen molar-refractivity contribution in [3.8, 4) is 11.5 Å². The van der Waals surface area contributed by atoms with Crippen molar-refractivity contribution in [2.24, 2.45) is 0 Å². The summed E-state index contributed by atoms with van der Waals surface area (Å²) in [6, 6.07) is 14.9. The van der Waals surface area contributed by atoms with Gasteiger partial charge in [-0.25, -0.2) is 4.98 Å². The third-order valence-electron chi connectivity index (χ3n) is 6.62. The molecule has 2 N–H and O–H groups in total. The van der Waals surface area contributed by atoms with Crippen LogP contribution in [0.25, 0.3) is 0 Å². The van der Waals surface area contributed by atoms with Gasteiger partial charge in [0.2, 0.25) is 0 Å². The van der Waals surface area contributed by atoms with E-state index in [1.54, 1.807) is 12.5 Å². The minimum Gasteiger partial charge on any atom is -0.493 e. The molecule has 1 saturated carbocycles. The van der Waals surface area contributed by atoms with E-state index in [1.165, 1.54) is 16.9 Å². The van der Waals surface area contributed by atoms with Crippen LogP contribution in [0.2, 0.25) is 0 Å². The number of hydrogen-bond acceptors (Lipinski definition) is 6. The molecule has 8 heteroatoms. The predicted molar refractivity (Wildman–Crippen MR) is 146 cm³/mol. The first-order valence-electron chi connectivity index (χ1n) is 12.7. The summed E-state index contributed by atoms with van der Waals surface area (Å²) >= 11 is 1.38. The summed E-state index contributed by atoms with van der Waals surface area (Å²) in [6.07, 6.45) is 3.66. The van der Waals surface area contributed by atoms with Crippen LogP contribution in [0, 0.1) is 0 Å². The second-order valence-corrected chi connectivity index (χ2v) is 11.3. The first-order chi connectivity index (χ1) is 17.7. The van der Waals surface area contributed by atoms with E-state index in [0.717, 1.165) is 25.7 Å². The molecule has 1 aliphatic rings. The Labute approximate surface area is 222 Å². The normalized spacial score (nSPS) is 17.6. The number of aromatic nitrogens is 1. The fourth-order valence-corrected chi connectivity index (χ4v) is 5.14. The van der Waals surface area contributed by atoms with Crippen molar-refractivity contribution in [3.05, 3.63) is 75.7 Å². The van der Waals surface area contributed by atoms with Crippen LogP contribution >= 0.6 is 11.3 Å². The predicted octanol–water partition coefficient (Wildman–Crippen LogP) is 5.50. The quantitative estimate of drug-likeness (QED) is 0.409. The Kier molecular flexibility index (Phi) is 8.48. The molecule has 0 radical (unpaired) electrons. The number of carbonyl (C=O) groups excluding carboxylic acids is 2. The third-order valence-corrected chi connectivity index (χ3v) is 7.44. The molecular formula is C29H35N3O4S. The number of rotatable bonds is 8. The molecule has 2 aromatic carbocycles. The number of para-hydroxylation sites is 2. The number of amides is 2. The molecule has 37 heavy (non-hydrogen) atoms. The number of benzene rings is 2. The van der Waals surface area contributed by atoms with E-state index >= 15 is 0 Å². The van der Waals surface area contributed by atoms with Gasteiger partial charge in [0.25, 0.3) is 11.8 Å². The highest BCUT2D eigenvalue weighted by atomic mass is 32.1. The second kappa shape index (κ2) is 11.8. The Hall–Kier alpha value is -3.39. The standard InChI is InChI=1S/C29H35N3O4S/c1-29(2,3)20-15-13-19(14-16-20)27(33)31-21-9-5-6-10-22(21)32-28(34)23-18-37-26(30-23)17-36-25-12-8-7-11-24(25)35-4/h7-8,11-16,18,21-22H,5-6,9-10,17H2,1-4H3,(H,31,33)(H,32,34)/t21-,22-/m1/s1. The van der Waals surface area contributed by atoms with Gasteiger partial charge in [0, 0.05) is 23.0 Å². The van der Waals surface area contributed by atoms with Crippen LogP contribution in [0.1, 0.15) is 77.9 Å². The average Bonchev–Trinajstić information content (AvgIpc) is 3.37. The van der Waals surface area contributed by atoms with Crippen LogP contribution in [-0.2, 0) is 12.0 Å². The van der Waals surface area contributed by atoms with Crippen LogP contribution < -0.4 is 20.1 Å². The zero-order valence-electron chi connectivity index (χ0n) is 21.9. The first-order valence-corrected chi connectivity index (χ1v) is 13.5. The van der Waals surface area contributed by atoms with Gasteiger partial charge < -0.3 is 20.1 Å². The number of carbonyl (C=O) groups is 2. The molecule has 1 aromatic heterocycles. The molecule has 2 atom stereocenters. The maximum absolute atomic E-state index is 13.0. The molecule has 0 unspecified atom stereocenters. The minimum absolute atomic E-state index is 0.0316. The number of nitrogens with one attached hydrogen (secondary N) is 2. The topological polar surface area (TPSA) is 89.6 Å². The fourth-order valence-electron chi connectivity index (χ4n) is 4.45. The Morgan fingerprint density at radius 1 is 0.946 bits per heavy atom. The molecule has 3 aromatic rings. The monoisotopic (exact) mass is 521 g/mol. The highest BCUT2D eigenvalue weighted by molar-refractivity contribution is 7.09. The van der Waals surface area contributed by atoms with Crippen LogP contribution in [-0.4, -0.2) is 36.0 Å². The summed E-state index contributed by atoms with van der Waals surface area (Å²) < 4.78 is 11.1.